The lowest BCUT2D eigenvalue weighted by Crippen LogP contribution is -2.16. The van der Waals surface area contributed by atoms with Crippen LogP contribution in [0.15, 0.2) is 60.4 Å². The molecule has 0 saturated heterocycles. The van der Waals surface area contributed by atoms with Crippen LogP contribution in [-0.4, -0.2) is 28.1 Å². The molecule has 0 saturated carbocycles. The fourth-order valence-corrected chi connectivity index (χ4v) is 3.37. The van der Waals surface area contributed by atoms with Gasteiger partial charge in [0.15, 0.2) is 13.1 Å². The Balaban J connectivity index is 1.78. The second-order valence-electron chi connectivity index (χ2n) is 5.76. The molecule has 0 bridgehead atoms. The molecule has 7 heteroatoms. The number of thiazole rings is 1. The average molecular weight is 358 g/mol. The largest absolute Gasteiger partial charge is 0.304 e. The van der Waals surface area contributed by atoms with Crippen molar-refractivity contribution in [3.05, 3.63) is 65.2 Å². The molecule has 0 fully saturated rings. The van der Waals surface area contributed by atoms with Gasteiger partial charge in [-0.3, -0.25) is 14.8 Å². The number of rotatable bonds is 4. The maximum Gasteiger partial charge on any atom is 0.268 e. The first-order valence-electron chi connectivity index (χ1n) is 8.30. The van der Waals surface area contributed by atoms with Crippen molar-refractivity contribution in [2.45, 2.75) is 6.82 Å². The molecule has 0 radical (unpaired) electrons. The van der Waals surface area contributed by atoms with Crippen molar-refractivity contribution in [2.75, 3.05) is 5.32 Å². The Morgan fingerprint density at radius 2 is 1.92 bits per heavy atom. The molecule has 2 aromatic heterocycles. The minimum atomic E-state index is -0.224. The minimum absolute atomic E-state index is 0.224. The number of hydrogen-bond donors (Lipinski definition) is 1. The highest BCUT2D eigenvalue weighted by Crippen LogP contribution is 2.26. The van der Waals surface area contributed by atoms with Gasteiger partial charge in [0.05, 0.1) is 28.9 Å². The monoisotopic (exact) mass is 358 g/mol. The Hall–Kier alpha value is -3.06. The lowest BCUT2D eigenvalue weighted by molar-refractivity contribution is 0.103. The van der Waals surface area contributed by atoms with E-state index in [9.17, 15) is 4.79 Å². The van der Waals surface area contributed by atoms with Gasteiger partial charge in [0.25, 0.3) is 5.91 Å². The Bertz CT molecular complexity index is 1070. The maximum atomic E-state index is 12.2. The highest BCUT2D eigenvalue weighted by Gasteiger charge is 2.13. The Kier molecular flexibility index (Phi) is 4.45. The fourth-order valence-electron chi connectivity index (χ4n) is 2.85. The number of nitrogens with one attached hydrogen (secondary N) is 1. The first-order chi connectivity index (χ1) is 12.8. The quantitative estimate of drug-likeness (QED) is 0.569. The zero-order valence-electron chi connectivity index (χ0n) is 14.1. The molecule has 1 N–H and O–H groups in total. The third-order valence-corrected chi connectivity index (χ3v) is 4.92. The highest BCUT2D eigenvalue weighted by molar-refractivity contribution is 7.11. The number of amides is 1. The summed E-state index contributed by atoms with van der Waals surface area (Å²) in [5, 5.41) is 2.80. The Morgan fingerprint density at radius 1 is 1.08 bits per heavy atom. The molecule has 0 aliphatic carbocycles. The first-order valence-corrected chi connectivity index (χ1v) is 9.18. The van der Waals surface area contributed by atoms with Crippen molar-refractivity contribution in [2.24, 2.45) is 0 Å². The molecule has 0 aliphatic heterocycles. The van der Waals surface area contributed by atoms with Crippen LogP contribution in [0.5, 0.6) is 0 Å². The van der Waals surface area contributed by atoms with E-state index < -0.39 is 0 Å². The molecule has 2 aromatic carbocycles. The van der Waals surface area contributed by atoms with Gasteiger partial charge in [-0.1, -0.05) is 54.8 Å². The van der Waals surface area contributed by atoms with Gasteiger partial charge in [-0.25, -0.2) is 4.98 Å². The van der Waals surface area contributed by atoms with Gasteiger partial charge in [-0.05, 0) is 5.56 Å². The van der Waals surface area contributed by atoms with Crippen molar-refractivity contribution in [1.29, 1.82) is 0 Å². The molecule has 0 unspecified atom stereocenters. The van der Waals surface area contributed by atoms with E-state index in [0.717, 1.165) is 34.9 Å². The summed E-state index contributed by atoms with van der Waals surface area (Å²) in [6.45, 7) is 2.08. The molecule has 4 rings (SSSR count). The summed E-state index contributed by atoms with van der Waals surface area (Å²) in [7, 11) is 0.840. The van der Waals surface area contributed by atoms with E-state index in [-0.39, 0.29) is 5.91 Å². The number of aromatic nitrogens is 3. The van der Waals surface area contributed by atoms with Crippen LogP contribution in [0.1, 0.15) is 9.67 Å². The van der Waals surface area contributed by atoms with Gasteiger partial charge < -0.3 is 5.32 Å². The van der Waals surface area contributed by atoms with Gasteiger partial charge in [-0.2, -0.15) is 0 Å². The number of fused-ring (bicyclic) bond motifs is 1. The second-order valence-corrected chi connectivity index (χ2v) is 6.65. The molecule has 126 valence electrons. The zero-order valence-corrected chi connectivity index (χ0v) is 15.0. The third kappa shape index (κ3) is 3.09. The van der Waals surface area contributed by atoms with Crippen LogP contribution in [0.2, 0.25) is 6.82 Å². The number of benzene rings is 2. The first kappa shape index (κ1) is 16.4. The summed E-state index contributed by atoms with van der Waals surface area (Å²) in [5.41, 5.74) is 6.51. The molecule has 5 nitrogen and oxygen atoms in total. The lowest BCUT2D eigenvalue weighted by atomic mass is 9.72. The van der Waals surface area contributed by atoms with Gasteiger partial charge >= 0.3 is 0 Å². The van der Waals surface area contributed by atoms with Gasteiger partial charge in [0.1, 0.15) is 4.88 Å². The molecule has 2 heterocycles. The smallest absolute Gasteiger partial charge is 0.268 e. The summed E-state index contributed by atoms with van der Waals surface area (Å²) in [4.78, 5) is 26.0. The highest BCUT2D eigenvalue weighted by atomic mass is 32.1. The zero-order chi connectivity index (χ0) is 17.9. The number of carbonyl (C=O) groups excluding carboxylic acids is 1. The predicted molar refractivity (Wildman–Crippen MR) is 108 cm³/mol. The van der Waals surface area contributed by atoms with Crippen molar-refractivity contribution >= 4 is 46.8 Å². The van der Waals surface area contributed by atoms with Gasteiger partial charge in [0, 0.05) is 5.56 Å². The van der Waals surface area contributed by atoms with E-state index in [1.165, 1.54) is 11.3 Å². The van der Waals surface area contributed by atoms with Crippen molar-refractivity contribution in [3.8, 4) is 11.1 Å². The number of carbonyl (C=O) groups is 1. The van der Waals surface area contributed by atoms with Crippen LogP contribution in [0, 0.1) is 0 Å². The number of hydrogen-bond acceptors (Lipinski definition) is 5. The van der Waals surface area contributed by atoms with E-state index in [0.29, 0.717) is 10.7 Å². The summed E-state index contributed by atoms with van der Waals surface area (Å²) in [6, 6.07) is 14.3. The SMILES string of the molecule is CBc1ccc(-c2ccccc2)c2ncc(NC(=O)c3cncs3)nc12. The summed E-state index contributed by atoms with van der Waals surface area (Å²) < 4.78 is 0. The fraction of sp³-hybridized carbons (Fsp3) is 0.0526. The van der Waals surface area contributed by atoms with Crippen molar-refractivity contribution in [1.82, 2.24) is 15.0 Å². The standard InChI is InChI=1S/C19H15BN4OS/c1-20-14-8-7-13(12-5-3-2-4-6-12)17-18(14)23-16(10-22-17)24-19(25)15-9-21-11-26-15/h2-11,20H,1H3,(H,23,24,25). The number of anilines is 1. The van der Waals surface area contributed by atoms with Crippen LogP contribution < -0.4 is 10.8 Å². The average Bonchev–Trinajstić information content (AvgIpc) is 3.23. The number of nitrogens with zero attached hydrogens (tertiary/aromatic N) is 3. The van der Waals surface area contributed by atoms with E-state index in [4.69, 9.17) is 0 Å². The van der Waals surface area contributed by atoms with E-state index in [1.54, 1.807) is 17.9 Å². The summed E-state index contributed by atoms with van der Waals surface area (Å²) >= 11 is 1.29. The molecule has 0 aliphatic rings. The lowest BCUT2D eigenvalue weighted by Gasteiger charge is -2.11. The van der Waals surface area contributed by atoms with Gasteiger partial charge in [0.2, 0.25) is 0 Å². The normalized spacial score (nSPS) is 10.7. The topological polar surface area (TPSA) is 67.8 Å². The molecule has 4 aromatic rings. The van der Waals surface area contributed by atoms with E-state index in [1.807, 2.05) is 18.2 Å². The molecular formula is C19H15BN4OS. The van der Waals surface area contributed by atoms with Crippen LogP contribution in [0.25, 0.3) is 22.2 Å². The van der Waals surface area contributed by atoms with Crippen molar-refractivity contribution in [3.63, 3.8) is 0 Å². The summed E-state index contributed by atoms with van der Waals surface area (Å²) in [5.74, 6) is 0.217. The van der Waals surface area contributed by atoms with Crippen LogP contribution >= 0.6 is 11.3 Å². The molecular weight excluding hydrogens is 343 g/mol. The minimum Gasteiger partial charge on any atom is -0.304 e. The predicted octanol–water partition coefficient (Wildman–Crippen LogP) is 3.12. The Labute approximate surface area is 155 Å². The van der Waals surface area contributed by atoms with Crippen molar-refractivity contribution < 1.29 is 4.79 Å². The molecule has 0 spiro atoms. The van der Waals surface area contributed by atoms with Gasteiger partial charge in [-0.15, -0.1) is 11.3 Å². The van der Waals surface area contributed by atoms with Crippen LogP contribution in [-0.2, 0) is 0 Å². The second kappa shape index (κ2) is 7.05. The maximum absolute atomic E-state index is 12.2. The van der Waals surface area contributed by atoms with E-state index >= 15 is 0 Å². The third-order valence-electron chi connectivity index (χ3n) is 4.15. The van der Waals surface area contributed by atoms with Crippen LogP contribution in [0.3, 0.4) is 0 Å². The van der Waals surface area contributed by atoms with E-state index in [2.05, 4.69) is 51.4 Å². The summed E-state index contributed by atoms with van der Waals surface area (Å²) in [6.07, 6.45) is 3.15. The molecule has 1 amide bonds. The van der Waals surface area contributed by atoms with Crippen LogP contribution in [0.4, 0.5) is 5.82 Å². The molecule has 0 atom stereocenters. The molecule has 26 heavy (non-hydrogen) atoms. The Morgan fingerprint density at radius 3 is 2.65 bits per heavy atom.